The molecule has 96 valence electrons. The average molecular weight is 232 g/mol. The zero-order valence-corrected chi connectivity index (χ0v) is 10.3. The van der Waals surface area contributed by atoms with Crippen molar-refractivity contribution >= 4 is 0 Å². The molecule has 0 aromatic heterocycles. The Hall–Kier alpha value is -0.200. The van der Waals surface area contributed by atoms with Crippen molar-refractivity contribution in [2.45, 2.75) is 25.2 Å². The zero-order chi connectivity index (χ0) is 11.8. The average Bonchev–Trinajstić information content (AvgIpc) is 2.78. The van der Waals surface area contributed by atoms with Gasteiger partial charge in [0, 0.05) is 39.9 Å². The van der Waals surface area contributed by atoms with Gasteiger partial charge in [0.05, 0.1) is 6.61 Å². The van der Waals surface area contributed by atoms with Gasteiger partial charge in [0.25, 0.3) is 0 Å². The summed E-state index contributed by atoms with van der Waals surface area (Å²) in [7, 11) is 3.28. The van der Waals surface area contributed by atoms with Gasteiger partial charge in [-0.25, -0.2) is 0 Å². The third-order valence-corrected chi connectivity index (χ3v) is 2.99. The van der Waals surface area contributed by atoms with E-state index in [2.05, 4.69) is 10.2 Å². The SMILES string of the molecule is COC(CN(CCO)CC1CCCN1)OC. The zero-order valence-electron chi connectivity index (χ0n) is 10.3. The first kappa shape index (κ1) is 13.9. The number of methoxy groups -OCH3 is 2. The lowest BCUT2D eigenvalue weighted by Crippen LogP contribution is -2.43. The molecule has 0 spiro atoms. The molecule has 5 heteroatoms. The molecule has 1 atom stereocenters. The van der Waals surface area contributed by atoms with E-state index < -0.39 is 0 Å². The van der Waals surface area contributed by atoms with Crippen molar-refractivity contribution in [3.8, 4) is 0 Å². The summed E-state index contributed by atoms with van der Waals surface area (Å²) >= 11 is 0. The van der Waals surface area contributed by atoms with E-state index in [1.807, 2.05) is 0 Å². The first-order valence-electron chi connectivity index (χ1n) is 5.92. The lowest BCUT2D eigenvalue weighted by molar-refractivity contribution is -0.117. The fourth-order valence-electron chi connectivity index (χ4n) is 2.08. The molecule has 1 fully saturated rings. The van der Waals surface area contributed by atoms with Crippen LogP contribution in [-0.2, 0) is 9.47 Å². The van der Waals surface area contributed by atoms with Gasteiger partial charge in [0.15, 0.2) is 6.29 Å². The van der Waals surface area contributed by atoms with Crippen LogP contribution in [0.5, 0.6) is 0 Å². The molecule has 1 rings (SSSR count). The summed E-state index contributed by atoms with van der Waals surface area (Å²) < 4.78 is 10.3. The number of hydrogen-bond acceptors (Lipinski definition) is 5. The highest BCUT2D eigenvalue weighted by Gasteiger charge is 2.19. The minimum absolute atomic E-state index is 0.173. The van der Waals surface area contributed by atoms with E-state index in [4.69, 9.17) is 14.6 Å². The van der Waals surface area contributed by atoms with Gasteiger partial charge >= 0.3 is 0 Å². The lowest BCUT2D eigenvalue weighted by Gasteiger charge is -2.27. The van der Waals surface area contributed by atoms with E-state index in [-0.39, 0.29) is 12.9 Å². The molecule has 1 unspecified atom stereocenters. The van der Waals surface area contributed by atoms with Crippen molar-refractivity contribution in [1.82, 2.24) is 10.2 Å². The minimum atomic E-state index is -0.215. The molecule has 5 nitrogen and oxygen atoms in total. The second-order valence-corrected chi connectivity index (χ2v) is 4.18. The van der Waals surface area contributed by atoms with Crippen LogP contribution < -0.4 is 5.32 Å². The topological polar surface area (TPSA) is 54.0 Å². The highest BCUT2D eigenvalue weighted by atomic mass is 16.7. The number of ether oxygens (including phenoxy) is 2. The van der Waals surface area contributed by atoms with E-state index in [0.29, 0.717) is 19.1 Å². The predicted molar refractivity (Wildman–Crippen MR) is 62.4 cm³/mol. The quantitative estimate of drug-likeness (QED) is 0.560. The van der Waals surface area contributed by atoms with Crippen LogP contribution in [0.2, 0.25) is 0 Å². The lowest BCUT2D eigenvalue weighted by atomic mass is 10.2. The second-order valence-electron chi connectivity index (χ2n) is 4.18. The third-order valence-electron chi connectivity index (χ3n) is 2.99. The molecule has 1 aliphatic heterocycles. The smallest absolute Gasteiger partial charge is 0.169 e. The Morgan fingerprint density at radius 2 is 2.19 bits per heavy atom. The van der Waals surface area contributed by atoms with Crippen molar-refractivity contribution < 1.29 is 14.6 Å². The maximum Gasteiger partial charge on any atom is 0.169 e. The summed E-state index contributed by atoms with van der Waals surface area (Å²) in [6, 6.07) is 0.543. The highest BCUT2D eigenvalue weighted by molar-refractivity contribution is 4.78. The van der Waals surface area contributed by atoms with Gasteiger partial charge in [0.2, 0.25) is 0 Å². The van der Waals surface area contributed by atoms with Crippen molar-refractivity contribution in [2.24, 2.45) is 0 Å². The maximum atomic E-state index is 9.03. The minimum Gasteiger partial charge on any atom is -0.395 e. The largest absolute Gasteiger partial charge is 0.395 e. The molecule has 0 radical (unpaired) electrons. The van der Waals surface area contributed by atoms with Crippen molar-refractivity contribution in [3.63, 3.8) is 0 Å². The van der Waals surface area contributed by atoms with Gasteiger partial charge in [-0.15, -0.1) is 0 Å². The monoisotopic (exact) mass is 232 g/mol. The van der Waals surface area contributed by atoms with Crippen LogP contribution in [0.4, 0.5) is 0 Å². The third kappa shape index (κ3) is 4.76. The predicted octanol–water partition coefficient (Wildman–Crippen LogP) is -0.348. The van der Waals surface area contributed by atoms with Crippen molar-refractivity contribution in [1.29, 1.82) is 0 Å². The van der Waals surface area contributed by atoms with E-state index in [1.165, 1.54) is 12.8 Å². The van der Waals surface area contributed by atoms with Gasteiger partial charge in [-0.05, 0) is 19.4 Å². The molecule has 0 bridgehead atoms. The number of hydrogen-bond donors (Lipinski definition) is 2. The van der Waals surface area contributed by atoms with Gasteiger partial charge in [-0.1, -0.05) is 0 Å². The number of aliphatic hydroxyl groups excluding tert-OH is 1. The summed E-state index contributed by atoms with van der Waals surface area (Å²) in [5.41, 5.74) is 0. The first-order valence-corrected chi connectivity index (χ1v) is 5.92. The molecule has 0 aromatic rings. The molecule has 0 amide bonds. The Morgan fingerprint density at radius 1 is 1.44 bits per heavy atom. The molecule has 1 saturated heterocycles. The van der Waals surface area contributed by atoms with Crippen LogP contribution in [-0.4, -0.2) is 69.3 Å². The highest BCUT2D eigenvalue weighted by Crippen LogP contribution is 2.08. The number of nitrogens with one attached hydrogen (secondary N) is 1. The molecule has 16 heavy (non-hydrogen) atoms. The Kier molecular flexibility index (Phi) is 6.91. The second kappa shape index (κ2) is 7.97. The molecular weight excluding hydrogens is 208 g/mol. The maximum absolute atomic E-state index is 9.03. The Balaban J connectivity index is 2.32. The van der Waals surface area contributed by atoms with E-state index >= 15 is 0 Å². The fraction of sp³-hybridized carbons (Fsp3) is 1.00. The molecule has 2 N–H and O–H groups in total. The first-order chi connectivity index (χ1) is 7.80. The van der Waals surface area contributed by atoms with Crippen molar-refractivity contribution in [2.75, 3.05) is 47.0 Å². The normalized spacial score (nSPS) is 21.2. The Bertz CT molecular complexity index is 167. The Labute approximate surface area is 97.7 Å². The van der Waals surface area contributed by atoms with Crippen LogP contribution in [0.15, 0.2) is 0 Å². The van der Waals surface area contributed by atoms with Gasteiger partial charge in [-0.2, -0.15) is 0 Å². The molecular formula is C11H24N2O3. The summed E-state index contributed by atoms with van der Waals surface area (Å²) in [6.07, 6.45) is 2.25. The summed E-state index contributed by atoms with van der Waals surface area (Å²) in [5, 5.41) is 12.5. The van der Waals surface area contributed by atoms with E-state index in [9.17, 15) is 0 Å². The molecule has 1 aliphatic rings. The van der Waals surface area contributed by atoms with Crippen LogP contribution in [0.3, 0.4) is 0 Å². The fourth-order valence-corrected chi connectivity index (χ4v) is 2.08. The standard InChI is InChI=1S/C11H24N2O3/c1-15-11(16-2)9-13(6-7-14)8-10-4-3-5-12-10/h10-12,14H,3-9H2,1-2H3. The van der Waals surface area contributed by atoms with E-state index in [0.717, 1.165) is 13.1 Å². The van der Waals surface area contributed by atoms with Gasteiger partial charge in [0.1, 0.15) is 0 Å². The molecule has 1 heterocycles. The number of nitrogens with zero attached hydrogens (tertiary/aromatic N) is 1. The number of aliphatic hydroxyl groups is 1. The number of rotatable bonds is 8. The Morgan fingerprint density at radius 3 is 2.69 bits per heavy atom. The summed E-state index contributed by atoms with van der Waals surface area (Å²) in [4.78, 5) is 2.18. The van der Waals surface area contributed by atoms with Gasteiger partial charge in [-0.3, -0.25) is 4.90 Å². The summed E-state index contributed by atoms with van der Waals surface area (Å²) in [5.74, 6) is 0. The van der Waals surface area contributed by atoms with Crippen LogP contribution in [0.25, 0.3) is 0 Å². The molecule has 0 saturated carbocycles. The van der Waals surface area contributed by atoms with Crippen LogP contribution in [0.1, 0.15) is 12.8 Å². The summed E-state index contributed by atoms with van der Waals surface area (Å²) in [6.45, 7) is 3.60. The molecule has 0 aliphatic carbocycles. The van der Waals surface area contributed by atoms with Crippen molar-refractivity contribution in [3.05, 3.63) is 0 Å². The molecule has 0 aromatic carbocycles. The van der Waals surface area contributed by atoms with Gasteiger partial charge < -0.3 is 19.9 Å². The van der Waals surface area contributed by atoms with Crippen LogP contribution in [0, 0.1) is 0 Å². The van der Waals surface area contributed by atoms with E-state index in [1.54, 1.807) is 14.2 Å². The van der Waals surface area contributed by atoms with Crippen LogP contribution >= 0.6 is 0 Å².